The van der Waals surface area contributed by atoms with E-state index in [1.807, 2.05) is 24.8 Å². The van der Waals surface area contributed by atoms with Gasteiger partial charge in [-0.3, -0.25) is 24.5 Å². The summed E-state index contributed by atoms with van der Waals surface area (Å²) < 4.78 is 6.98. The highest BCUT2D eigenvalue weighted by Crippen LogP contribution is 2.19. The summed E-state index contributed by atoms with van der Waals surface area (Å²) in [5.74, 6) is -0.165. The molecule has 4 heterocycles. The van der Waals surface area contributed by atoms with Crippen LogP contribution in [-0.4, -0.2) is 75.7 Å². The lowest BCUT2D eigenvalue weighted by Crippen LogP contribution is -2.50. The molecule has 0 radical (unpaired) electrons. The Hall–Kier alpha value is -2.58. The number of rotatable bonds is 4. The maximum absolute atomic E-state index is 13.2. The summed E-state index contributed by atoms with van der Waals surface area (Å²) in [6.07, 6.45) is 6.94. The summed E-state index contributed by atoms with van der Waals surface area (Å²) in [6.45, 7) is 8.84. The smallest absolute Gasteiger partial charge is 0.264 e. The zero-order valence-corrected chi connectivity index (χ0v) is 17.7. The summed E-state index contributed by atoms with van der Waals surface area (Å²) in [5, 5.41) is 0. The van der Waals surface area contributed by atoms with Crippen LogP contribution >= 0.6 is 0 Å². The molecule has 0 atom stereocenters. The molecule has 2 aromatic rings. The van der Waals surface area contributed by atoms with Gasteiger partial charge >= 0.3 is 0 Å². The van der Waals surface area contributed by atoms with Crippen LogP contribution in [0.3, 0.4) is 0 Å². The molecule has 0 aliphatic carbocycles. The largest absolute Gasteiger partial charge is 0.379 e. The van der Waals surface area contributed by atoms with Crippen molar-refractivity contribution in [2.45, 2.75) is 39.3 Å². The van der Waals surface area contributed by atoms with Crippen molar-refractivity contribution in [2.24, 2.45) is 0 Å². The number of aromatic nitrogens is 3. The third-order valence-corrected chi connectivity index (χ3v) is 6.07. The van der Waals surface area contributed by atoms with E-state index in [0.29, 0.717) is 36.9 Å². The molecule has 8 heteroatoms. The zero-order chi connectivity index (χ0) is 21.1. The second-order valence-corrected chi connectivity index (χ2v) is 8.13. The van der Waals surface area contributed by atoms with Gasteiger partial charge in [0.15, 0.2) is 0 Å². The first-order valence-electron chi connectivity index (χ1n) is 10.6. The molecule has 8 nitrogen and oxygen atoms in total. The number of carbonyl (C=O) groups excluding carboxylic acids is 1. The molecule has 160 valence electrons. The van der Waals surface area contributed by atoms with Crippen LogP contribution in [0.1, 0.15) is 40.2 Å². The van der Waals surface area contributed by atoms with Crippen LogP contribution in [0.15, 0.2) is 29.5 Å². The predicted molar refractivity (Wildman–Crippen MR) is 113 cm³/mol. The number of hydrogen-bond acceptors (Lipinski definition) is 6. The first-order chi connectivity index (χ1) is 14.5. The molecule has 2 fully saturated rings. The van der Waals surface area contributed by atoms with Crippen LogP contribution in [0.25, 0.3) is 0 Å². The fourth-order valence-electron chi connectivity index (χ4n) is 4.26. The topological polar surface area (TPSA) is 80.6 Å². The molecule has 0 bridgehead atoms. The maximum atomic E-state index is 13.2. The van der Waals surface area contributed by atoms with E-state index in [1.165, 1.54) is 0 Å². The molecule has 2 saturated heterocycles. The molecule has 4 rings (SSSR count). The van der Waals surface area contributed by atoms with Gasteiger partial charge in [0.2, 0.25) is 0 Å². The van der Waals surface area contributed by atoms with Crippen molar-refractivity contribution >= 4 is 5.91 Å². The van der Waals surface area contributed by atoms with Gasteiger partial charge in [0.1, 0.15) is 5.56 Å². The normalized spacial score (nSPS) is 18.5. The second kappa shape index (κ2) is 9.06. The Morgan fingerprint density at radius 2 is 1.83 bits per heavy atom. The highest BCUT2D eigenvalue weighted by molar-refractivity contribution is 5.95. The van der Waals surface area contributed by atoms with Crippen molar-refractivity contribution in [3.63, 3.8) is 0 Å². The molecule has 30 heavy (non-hydrogen) atoms. The van der Waals surface area contributed by atoms with Crippen molar-refractivity contribution in [1.29, 1.82) is 0 Å². The van der Waals surface area contributed by atoms with E-state index in [1.54, 1.807) is 23.2 Å². The Kier molecular flexibility index (Phi) is 6.24. The standard InChI is InChI=1S/C22H29N5O3/c1-16-3-6-27(15-18-14-23-17(2)13-24-18)22(29)20(16)21(28)26-7-4-19(5-8-26)25-9-11-30-12-10-25/h3,6,13-14,19H,4-5,7-12,15H2,1-2H3. The Morgan fingerprint density at radius 3 is 2.50 bits per heavy atom. The van der Waals surface area contributed by atoms with Gasteiger partial charge in [-0.1, -0.05) is 0 Å². The van der Waals surface area contributed by atoms with Gasteiger partial charge in [0, 0.05) is 44.6 Å². The number of amides is 1. The maximum Gasteiger partial charge on any atom is 0.264 e. The Morgan fingerprint density at radius 1 is 1.10 bits per heavy atom. The molecule has 0 spiro atoms. The lowest BCUT2D eigenvalue weighted by Gasteiger charge is -2.40. The molecule has 2 aliphatic rings. The van der Waals surface area contributed by atoms with E-state index in [0.717, 1.165) is 44.8 Å². The number of likely N-dealkylation sites (tertiary alicyclic amines) is 1. The molecular weight excluding hydrogens is 382 g/mol. The predicted octanol–water partition coefficient (Wildman–Crippen LogP) is 1.24. The zero-order valence-electron chi connectivity index (χ0n) is 17.7. The fraction of sp³-hybridized carbons (Fsp3) is 0.545. The summed E-state index contributed by atoms with van der Waals surface area (Å²) in [4.78, 5) is 39.2. The van der Waals surface area contributed by atoms with Crippen molar-refractivity contribution in [1.82, 2.24) is 24.3 Å². The van der Waals surface area contributed by atoms with Gasteiger partial charge in [0.25, 0.3) is 11.5 Å². The molecule has 0 unspecified atom stereocenters. The Bertz CT molecular complexity index is 942. The molecule has 0 saturated carbocycles. The average Bonchev–Trinajstić information content (AvgIpc) is 2.78. The van der Waals surface area contributed by atoms with Crippen molar-refractivity contribution < 1.29 is 9.53 Å². The monoisotopic (exact) mass is 411 g/mol. The van der Waals surface area contributed by atoms with Crippen LogP contribution in [0.5, 0.6) is 0 Å². The molecule has 0 aromatic carbocycles. The van der Waals surface area contributed by atoms with Crippen molar-refractivity contribution in [3.8, 4) is 0 Å². The lowest BCUT2D eigenvalue weighted by atomic mass is 10.0. The summed E-state index contributed by atoms with van der Waals surface area (Å²) >= 11 is 0. The van der Waals surface area contributed by atoms with Crippen LogP contribution in [0.4, 0.5) is 0 Å². The minimum atomic E-state index is -0.266. The van der Waals surface area contributed by atoms with E-state index < -0.39 is 0 Å². The molecule has 2 aromatic heterocycles. The van der Waals surface area contributed by atoms with Crippen molar-refractivity contribution in [3.05, 3.63) is 57.5 Å². The van der Waals surface area contributed by atoms with Crippen molar-refractivity contribution in [2.75, 3.05) is 39.4 Å². The Balaban J connectivity index is 1.47. The third kappa shape index (κ3) is 4.44. The van der Waals surface area contributed by atoms with E-state index in [9.17, 15) is 9.59 Å². The number of aryl methyl sites for hydroxylation is 2. The summed E-state index contributed by atoms with van der Waals surface area (Å²) in [6, 6.07) is 2.32. The summed E-state index contributed by atoms with van der Waals surface area (Å²) in [7, 11) is 0. The van der Waals surface area contributed by atoms with Crippen LogP contribution in [0.2, 0.25) is 0 Å². The van der Waals surface area contributed by atoms with Gasteiger partial charge in [-0.25, -0.2) is 0 Å². The first kappa shape index (κ1) is 20.7. The number of pyridine rings is 1. The molecule has 2 aliphatic heterocycles. The van der Waals surface area contributed by atoms with Crippen LogP contribution < -0.4 is 5.56 Å². The van der Waals surface area contributed by atoms with E-state index in [2.05, 4.69) is 14.9 Å². The van der Waals surface area contributed by atoms with Gasteiger partial charge in [0.05, 0.1) is 37.3 Å². The second-order valence-electron chi connectivity index (χ2n) is 8.13. The first-order valence-corrected chi connectivity index (χ1v) is 10.6. The highest BCUT2D eigenvalue weighted by atomic mass is 16.5. The van der Waals surface area contributed by atoms with Gasteiger partial charge in [-0.05, 0) is 38.3 Å². The van der Waals surface area contributed by atoms with Crippen LogP contribution in [-0.2, 0) is 11.3 Å². The average molecular weight is 412 g/mol. The Labute approximate surface area is 176 Å². The van der Waals surface area contributed by atoms with E-state index >= 15 is 0 Å². The fourth-order valence-corrected chi connectivity index (χ4v) is 4.26. The molecular formula is C22H29N5O3. The minimum Gasteiger partial charge on any atom is -0.379 e. The van der Waals surface area contributed by atoms with Gasteiger partial charge < -0.3 is 14.2 Å². The van der Waals surface area contributed by atoms with Crippen LogP contribution in [0, 0.1) is 13.8 Å². The lowest BCUT2D eigenvalue weighted by molar-refractivity contribution is 0.00155. The number of piperidine rings is 1. The van der Waals surface area contributed by atoms with Gasteiger partial charge in [-0.2, -0.15) is 0 Å². The number of carbonyl (C=O) groups is 1. The number of ether oxygens (including phenoxy) is 1. The molecule has 1 amide bonds. The number of nitrogens with zero attached hydrogens (tertiary/aromatic N) is 5. The minimum absolute atomic E-state index is 0.165. The van der Waals surface area contributed by atoms with Gasteiger partial charge in [-0.15, -0.1) is 0 Å². The summed E-state index contributed by atoms with van der Waals surface area (Å²) in [5.41, 5.74) is 2.23. The van der Waals surface area contributed by atoms with E-state index in [4.69, 9.17) is 4.74 Å². The quantitative estimate of drug-likeness (QED) is 0.753. The highest BCUT2D eigenvalue weighted by Gasteiger charge is 2.30. The third-order valence-electron chi connectivity index (χ3n) is 6.07. The number of hydrogen-bond donors (Lipinski definition) is 0. The van der Waals surface area contributed by atoms with E-state index in [-0.39, 0.29) is 17.0 Å². The SMILES string of the molecule is Cc1cnc(Cn2ccc(C)c(C(=O)N3CCC(N4CCOCC4)CC3)c2=O)cn1. The number of morpholine rings is 1. The molecule has 0 N–H and O–H groups in total.